The summed E-state index contributed by atoms with van der Waals surface area (Å²) in [6, 6.07) is 30.3. The first-order valence-corrected chi connectivity index (χ1v) is 14.8. The lowest BCUT2D eigenvalue weighted by molar-refractivity contribution is -0.116. The zero-order valence-electron chi connectivity index (χ0n) is 25.3. The minimum atomic E-state index is -0.491. The van der Waals surface area contributed by atoms with Gasteiger partial charge in [0.25, 0.3) is 0 Å². The number of methoxy groups -OCH3 is 2. The summed E-state index contributed by atoms with van der Waals surface area (Å²) in [5.74, 6) is 0.918. The second-order valence-corrected chi connectivity index (χ2v) is 10.8. The van der Waals surface area contributed by atoms with Gasteiger partial charge in [0.05, 0.1) is 40.5 Å². The molecule has 0 fully saturated rings. The first-order valence-electron chi connectivity index (χ1n) is 14.8. The number of fused-ring (bicyclic) bond motifs is 2. The molecule has 2 amide bonds. The fourth-order valence-electron chi connectivity index (χ4n) is 5.74. The van der Waals surface area contributed by atoms with Gasteiger partial charge in [0.1, 0.15) is 24.0 Å². The molecule has 0 bridgehead atoms. The average molecular weight is 609 g/mol. The number of carbonyl (C=O) groups is 2. The molecule has 0 saturated heterocycles. The number of ether oxygens (including phenoxy) is 4. The SMILES string of the molecule is COc1cccc(NC(=O)CN2c3ccccc3COC2CC2OCc3ccccc3N2CC(=O)Nc2cccc(OC)c2)c1. The molecule has 2 unspecified atom stereocenters. The summed E-state index contributed by atoms with van der Waals surface area (Å²) in [7, 11) is 3.18. The first-order chi connectivity index (χ1) is 22.0. The summed E-state index contributed by atoms with van der Waals surface area (Å²) in [5.41, 5.74) is 5.12. The smallest absolute Gasteiger partial charge is 0.243 e. The van der Waals surface area contributed by atoms with Crippen molar-refractivity contribution in [3.8, 4) is 11.5 Å². The van der Waals surface area contributed by atoms with Gasteiger partial charge in [-0.25, -0.2) is 0 Å². The van der Waals surface area contributed by atoms with Gasteiger partial charge in [-0.05, 0) is 36.4 Å². The van der Waals surface area contributed by atoms with Crippen molar-refractivity contribution in [1.29, 1.82) is 0 Å². The lowest BCUT2D eigenvalue weighted by Gasteiger charge is -2.43. The van der Waals surface area contributed by atoms with E-state index in [4.69, 9.17) is 18.9 Å². The summed E-state index contributed by atoms with van der Waals surface area (Å²) in [5, 5.41) is 5.96. The summed E-state index contributed by atoms with van der Waals surface area (Å²) >= 11 is 0. The number of anilines is 4. The number of nitrogens with one attached hydrogen (secondary N) is 2. The molecule has 2 heterocycles. The van der Waals surface area contributed by atoms with Gasteiger partial charge < -0.3 is 39.4 Å². The van der Waals surface area contributed by atoms with Gasteiger partial charge in [0.15, 0.2) is 0 Å². The Hall–Kier alpha value is -5.06. The van der Waals surface area contributed by atoms with E-state index < -0.39 is 12.5 Å². The third-order valence-corrected chi connectivity index (χ3v) is 7.90. The van der Waals surface area contributed by atoms with Crippen molar-refractivity contribution in [3.05, 3.63) is 108 Å². The predicted molar refractivity (Wildman–Crippen MR) is 173 cm³/mol. The molecule has 0 aromatic heterocycles. The molecule has 0 saturated carbocycles. The fourth-order valence-corrected chi connectivity index (χ4v) is 5.74. The number of amides is 2. The summed E-state index contributed by atoms with van der Waals surface area (Å²) < 4.78 is 23.4. The molecule has 6 rings (SSSR count). The van der Waals surface area contributed by atoms with E-state index in [2.05, 4.69) is 10.6 Å². The van der Waals surface area contributed by atoms with Crippen LogP contribution in [0.5, 0.6) is 11.5 Å². The molecule has 2 atom stereocenters. The van der Waals surface area contributed by atoms with Crippen molar-refractivity contribution < 1.29 is 28.5 Å². The van der Waals surface area contributed by atoms with Crippen molar-refractivity contribution in [3.63, 3.8) is 0 Å². The Bertz CT molecular complexity index is 1540. The second kappa shape index (κ2) is 13.7. The van der Waals surface area contributed by atoms with Crippen LogP contribution in [-0.4, -0.2) is 51.6 Å². The van der Waals surface area contributed by atoms with Crippen molar-refractivity contribution in [1.82, 2.24) is 0 Å². The van der Waals surface area contributed by atoms with Crippen LogP contribution in [-0.2, 0) is 32.3 Å². The molecule has 10 nitrogen and oxygen atoms in total. The lowest BCUT2D eigenvalue weighted by atomic mass is 10.1. The highest BCUT2D eigenvalue weighted by molar-refractivity contribution is 5.95. The molecule has 0 spiro atoms. The number of rotatable bonds is 10. The van der Waals surface area contributed by atoms with Gasteiger partial charge in [0, 0.05) is 52.4 Å². The zero-order valence-corrected chi connectivity index (χ0v) is 25.3. The number of para-hydroxylation sites is 2. The van der Waals surface area contributed by atoms with E-state index in [0.29, 0.717) is 42.5 Å². The van der Waals surface area contributed by atoms with Crippen LogP contribution in [0, 0.1) is 0 Å². The van der Waals surface area contributed by atoms with Gasteiger partial charge in [-0.3, -0.25) is 9.59 Å². The fraction of sp³-hybridized carbons (Fsp3) is 0.257. The van der Waals surface area contributed by atoms with Crippen molar-refractivity contribution in [2.24, 2.45) is 0 Å². The third kappa shape index (κ3) is 7.03. The Morgan fingerprint density at radius 2 is 1.11 bits per heavy atom. The summed E-state index contributed by atoms with van der Waals surface area (Å²) in [4.78, 5) is 30.7. The Balaban J connectivity index is 1.22. The van der Waals surface area contributed by atoms with Crippen LogP contribution in [0.15, 0.2) is 97.1 Å². The predicted octanol–water partition coefficient (Wildman–Crippen LogP) is 5.40. The molecule has 45 heavy (non-hydrogen) atoms. The molecule has 0 radical (unpaired) electrons. The van der Waals surface area contributed by atoms with E-state index >= 15 is 0 Å². The third-order valence-electron chi connectivity index (χ3n) is 7.90. The molecule has 2 N–H and O–H groups in total. The normalized spacial score (nSPS) is 17.1. The van der Waals surface area contributed by atoms with Crippen LogP contribution in [0.4, 0.5) is 22.7 Å². The van der Waals surface area contributed by atoms with Gasteiger partial charge in [0.2, 0.25) is 11.8 Å². The van der Waals surface area contributed by atoms with Gasteiger partial charge in [-0.15, -0.1) is 0 Å². The van der Waals surface area contributed by atoms with Crippen LogP contribution < -0.4 is 29.9 Å². The lowest BCUT2D eigenvalue weighted by Crippen LogP contribution is -2.52. The molecule has 10 heteroatoms. The molecule has 232 valence electrons. The maximum atomic E-state index is 13.4. The Kier molecular flexibility index (Phi) is 9.14. The van der Waals surface area contributed by atoms with Gasteiger partial charge in [-0.1, -0.05) is 48.5 Å². The van der Waals surface area contributed by atoms with Crippen molar-refractivity contribution in [2.45, 2.75) is 32.1 Å². The quantitative estimate of drug-likeness (QED) is 0.247. The maximum Gasteiger partial charge on any atom is 0.243 e. The Morgan fingerprint density at radius 1 is 0.667 bits per heavy atom. The van der Waals surface area contributed by atoms with Crippen molar-refractivity contribution in [2.75, 3.05) is 47.7 Å². The zero-order chi connectivity index (χ0) is 31.2. The molecule has 2 aliphatic rings. The molecular formula is C35H36N4O6. The van der Waals surface area contributed by atoms with E-state index in [1.165, 1.54) is 0 Å². The number of hydrogen-bond donors (Lipinski definition) is 2. The second-order valence-electron chi connectivity index (χ2n) is 10.8. The van der Waals surface area contributed by atoms with Crippen LogP contribution in [0.25, 0.3) is 0 Å². The topological polar surface area (TPSA) is 102 Å². The first kappa shape index (κ1) is 30.0. The van der Waals surface area contributed by atoms with E-state index in [0.717, 1.165) is 22.5 Å². The van der Waals surface area contributed by atoms with Crippen LogP contribution in [0.3, 0.4) is 0 Å². The molecule has 2 aliphatic heterocycles. The highest BCUT2D eigenvalue weighted by atomic mass is 16.5. The standard InChI is InChI=1S/C35H36N4O6/c1-42-28-13-7-11-26(17-28)36-32(40)20-38-30-15-5-3-9-24(30)22-44-34(38)19-35-39(31-16-6-4-10-25(31)23-45-35)21-33(41)37-27-12-8-14-29(18-27)43-2/h3-18,34-35H,19-23H2,1-2H3,(H,36,40)(H,37,41). The Labute approximate surface area is 262 Å². The molecular weight excluding hydrogens is 572 g/mol. The highest BCUT2D eigenvalue weighted by Gasteiger charge is 2.36. The van der Waals surface area contributed by atoms with Gasteiger partial charge in [-0.2, -0.15) is 0 Å². The van der Waals surface area contributed by atoms with Gasteiger partial charge >= 0.3 is 0 Å². The highest BCUT2D eigenvalue weighted by Crippen LogP contribution is 2.35. The number of benzene rings is 4. The minimum Gasteiger partial charge on any atom is -0.497 e. The van der Waals surface area contributed by atoms with E-state index in [1.807, 2.05) is 94.7 Å². The average Bonchev–Trinajstić information content (AvgIpc) is 3.07. The van der Waals surface area contributed by atoms with Crippen molar-refractivity contribution >= 4 is 34.6 Å². The molecule has 4 aromatic carbocycles. The largest absolute Gasteiger partial charge is 0.497 e. The summed E-state index contributed by atoms with van der Waals surface area (Å²) in [6.07, 6.45) is -0.591. The Morgan fingerprint density at radius 3 is 1.56 bits per heavy atom. The van der Waals surface area contributed by atoms with Crippen LogP contribution >= 0.6 is 0 Å². The number of hydrogen-bond acceptors (Lipinski definition) is 8. The van der Waals surface area contributed by atoms with Crippen LogP contribution in [0.1, 0.15) is 17.5 Å². The number of nitrogens with zero attached hydrogens (tertiary/aromatic N) is 2. The molecule has 4 aromatic rings. The maximum absolute atomic E-state index is 13.4. The monoisotopic (exact) mass is 608 g/mol. The van der Waals surface area contributed by atoms with E-state index in [9.17, 15) is 9.59 Å². The minimum absolute atomic E-state index is 0.0541. The van der Waals surface area contributed by atoms with Crippen LogP contribution in [0.2, 0.25) is 0 Å². The molecule has 0 aliphatic carbocycles. The van der Waals surface area contributed by atoms with E-state index in [1.54, 1.807) is 26.4 Å². The number of carbonyl (C=O) groups excluding carboxylic acids is 2. The summed E-state index contributed by atoms with van der Waals surface area (Å²) in [6.45, 7) is 0.903. The van der Waals surface area contributed by atoms with E-state index in [-0.39, 0.29) is 24.9 Å².